The summed E-state index contributed by atoms with van der Waals surface area (Å²) in [6.45, 7) is 1.55. The molecule has 0 aromatic heterocycles. The lowest BCUT2D eigenvalue weighted by Gasteiger charge is -2.17. The van der Waals surface area contributed by atoms with Gasteiger partial charge in [0.25, 0.3) is 5.69 Å². The molecule has 0 spiro atoms. The molecule has 0 radical (unpaired) electrons. The number of nitro benzene ring substituents is 1. The Morgan fingerprint density at radius 1 is 1.53 bits per heavy atom. The number of nitrogens with zero attached hydrogens (tertiary/aromatic N) is 1. The van der Waals surface area contributed by atoms with Gasteiger partial charge in [0.2, 0.25) is 10.0 Å². The molecule has 0 saturated heterocycles. The fraction of sp³-hybridized carbons (Fsp3) is 0.400. The number of hydrogen-bond acceptors (Lipinski definition) is 6. The van der Waals surface area contributed by atoms with Crippen molar-refractivity contribution in [3.05, 3.63) is 28.3 Å². The van der Waals surface area contributed by atoms with Crippen molar-refractivity contribution in [3.63, 3.8) is 0 Å². The third-order valence-electron chi connectivity index (χ3n) is 2.55. The lowest BCUT2D eigenvalue weighted by Crippen LogP contribution is -2.25. The second kappa shape index (κ2) is 5.95. The van der Waals surface area contributed by atoms with Crippen LogP contribution in [0.2, 0.25) is 0 Å². The van der Waals surface area contributed by atoms with Crippen molar-refractivity contribution in [3.8, 4) is 0 Å². The van der Waals surface area contributed by atoms with Gasteiger partial charge in [-0.3, -0.25) is 10.1 Å². The highest BCUT2D eigenvalue weighted by molar-refractivity contribution is 7.89. The largest absolute Gasteiger partial charge is 0.394 e. The highest BCUT2D eigenvalue weighted by Crippen LogP contribution is 2.26. The SMILES string of the molecule is CC[C@@H](CO)Nc1cc([N+](=O)[O-])ccc1S(N)(=O)=O. The molecule has 4 N–H and O–H groups in total. The van der Waals surface area contributed by atoms with Gasteiger partial charge in [0.15, 0.2) is 0 Å². The molecule has 0 unspecified atom stereocenters. The summed E-state index contributed by atoms with van der Waals surface area (Å²) in [6, 6.07) is 2.80. The maximum atomic E-state index is 11.4. The number of hydrogen-bond donors (Lipinski definition) is 3. The quantitative estimate of drug-likeness (QED) is 0.513. The number of anilines is 1. The second-order valence-corrected chi connectivity index (χ2v) is 5.44. The van der Waals surface area contributed by atoms with E-state index >= 15 is 0 Å². The van der Waals surface area contributed by atoms with Crippen molar-refractivity contribution in [1.82, 2.24) is 0 Å². The molecule has 1 aromatic carbocycles. The van der Waals surface area contributed by atoms with Crippen LogP contribution in [0.4, 0.5) is 11.4 Å². The predicted molar refractivity (Wildman–Crippen MR) is 69.3 cm³/mol. The van der Waals surface area contributed by atoms with E-state index < -0.39 is 21.0 Å². The highest BCUT2D eigenvalue weighted by Gasteiger charge is 2.19. The van der Waals surface area contributed by atoms with Gasteiger partial charge >= 0.3 is 0 Å². The first kappa shape index (κ1) is 15.3. The molecule has 0 amide bonds. The summed E-state index contributed by atoms with van der Waals surface area (Å²) in [5, 5.41) is 27.5. The van der Waals surface area contributed by atoms with E-state index in [0.29, 0.717) is 6.42 Å². The normalized spacial score (nSPS) is 13.0. The maximum absolute atomic E-state index is 11.4. The fourth-order valence-corrected chi connectivity index (χ4v) is 2.17. The Balaban J connectivity index is 3.30. The van der Waals surface area contributed by atoms with Crippen LogP contribution >= 0.6 is 0 Å². The van der Waals surface area contributed by atoms with Gasteiger partial charge in [0, 0.05) is 18.2 Å². The molecule has 1 atom stereocenters. The van der Waals surface area contributed by atoms with E-state index in [2.05, 4.69) is 5.32 Å². The molecule has 0 aliphatic rings. The number of aliphatic hydroxyl groups is 1. The van der Waals surface area contributed by atoms with Gasteiger partial charge in [-0.15, -0.1) is 0 Å². The van der Waals surface area contributed by atoms with E-state index in [1.165, 1.54) is 0 Å². The third-order valence-corrected chi connectivity index (χ3v) is 3.52. The monoisotopic (exact) mass is 289 g/mol. The van der Waals surface area contributed by atoms with Gasteiger partial charge < -0.3 is 10.4 Å². The molecule has 0 aliphatic carbocycles. The molecular weight excluding hydrogens is 274 g/mol. The average Bonchev–Trinajstić information content (AvgIpc) is 2.34. The molecule has 1 aromatic rings. The molecular formula is C10H15N3O5S. The van der Waals surface area contributed by atoms with Crippen LogP contribution in [0.1, 0.15) is 13.3 Å². The van der Waals surface area contributed by atoms with E-state index in [9.17, 15) is 18.5 Å². The highest BCUT2D eigenvalue weighted by atomic mass is 32.2. The Kier molecular flexibility index (Phi) is 4.81. The van der Waals surface area contributed by atoms with Crippen LogP contribution in [-0.4, -0.2) is 31.1 Å². The van der Waals surface area contributed by atoms with Crippen LogP contribution in [-0.2, 0) is 10.0 Å². The molecule has 0 aliphatic heterocycles. The van der Waals surface area contributed by atoms with Crippen LogP contribution in [0.15, 0.2) is 23.1 Å². The molecule has 106 valence electrons. The summed E-state index contributed by atoms with van der Waals surface area (Å²) >= 11 is 0. The van der Waals surface area contributed by atoms with Gasteiger partial charge in [-0.1, -0.05) is 6.92 Å². The fourth-order valence-electron chi connectivity index (χ4n) is 1.49. The Bertz CT molecular complexity index is 569. The minimum atomic E-state index is -4.00. The Morgan fingerprint density at radius 2 is 2.16 bits per heavy atom. The lowest BCUT2D eigenvalue weighted by atomic mass is 10.2. The van der Waals surface area contributed by atoms with E-state index in [1.54, 1.807) is 6.92 Å². The number of nitrogens with two attached hydrogens (primary N) is 1. The van der Waals surface area contributed by atoms with E-state index in [-0.39, 0.29) is 22.9 Å². The summed E-state index contributed by atoms with van der Waals surface area (Å²) in [5.41, 5.74) is -0.250. The summed E-state index contributed by atoms with van der Waals surface area (Å²) in [4.78, 5) is 9.80. The predicted octanol–water partition coefficient (Wildman–Crippen LogP) is 0.425. The molecule has 1 rings (SSSR count). The lowest BCUT2D eigenvalue weighted by molar-refractivity contribution is -0.384. The van der Waals surface area contributed by atoms with Crippen LogP contribution < -0.4 is 10.5 Å². The third kappa shape index (κ3) is 3.88. The van der Waals surface area contributed by atoms with Gasteiger partial charge in [-0.2, -0.15) is 0 Å². The Hall–Kier alpha value is -1.71. The van der Waals surface area contributed by atoms with Gasteiger partial charge in [-0.25, -0.2) is 13.6 Å². The number of nitrogens with one attached hydrogen (secondary N) is 1. The molecule has 0 heterocycles. The van der Waals surface area contributed by atoms with E-state index in [4.69, 9.17) is 10.2 Å². The van der Waals surface area contributed by atoms with Crippen molar-refractivity contribution in [2.75, 3.05) is 11.9 Å². The Labute approximate surface area is 110 Å². The first-order chi connectivity index (χ1) is 8.79. The molecule has 0 bridgehead atoms. The standard InChI is InChI=1S/C10H15N3O5S/c1-2-7(6-14)12-9-5-8(13(15)16)3-4-10(9)19(11,17)18/h3-5,7,12,14H,2,6H2,1H3,(H2,11,17,18)/t7-/m0/s1. The summed E-state index contributed by atoms with van der Waals surface area (Å²) < 4.78 is 22.8. The average molecular weight is 289 g/mol. The molecule has 0 fully saturated rings. The van der Waals surface area contributed by atoms with Crippen LogP contribution in [0.25, 0.3) is 0 Å². The van der Waals surface area contributed by atoms with Gasteiger partial charge in [0.05, 0.1) is 17.2 Å². The number of sulfonamides is 1. The number of rotatable bonds is 6. The van der Waals surface area contributed by atoms with E-state index in [0.717, 1.165) is 18.2 Å². The summed E-state index contributed by atoms with van der Waals surface area (Å²) in [7, 11) is -4.00. The first-order valence-corrected chi connectivity index (χ1v) is 7.02. The zero-order valence-electron chi connectivity index (χ0n) is 10.2. The zero-order chi connectivity index (χ0) is 14.6. The Morgan fingerprint density at radius 3 is 2.58 bits per heavy atom. The molecule has 8 nitrogen and oxygen atoms in total. The number of nitro groups is 1. The topological polar surface area (TPSA) is 136 Å². The van der Waals surface area contributed by atoms with Crippen molar-refractivity contribution < 1.29 is 18.4 Å². The first-order valence-electron chi connectivity index (χ1n) is 5.48. The smallest absolute Gasteiger partial charge is 0.271 e. The molecule has 0 saturated carbocycles. The number of primary sulfonamides is 1. The molecule has 19 heavy (non-hydrogen) atoms. The molecule has 9 heteroatoms. The number of aliphatic hydroxyl groups excluding tert-OH is 1. The van der Waals surface area contributed by atoms with Crippen molar-refractivity contribution in [2.45, 2.75) is 24.3 Å². The number of benzene rings is 1. The van der Waals surface area contributed by atoms with Gasteiger partial charge in [-0.05, 0) is 12.5 Å². The van der Waals surface area contributed by atoms with Crippen molar-refractivity contribution in [2.24, 2.45) is 5.14 Å². The van der Waals surface area contributed by atoms with Crippen molar-refractivity contribution in [1.29, 1.82) is 0 Å². The van der Waals surface area contributed by atoms with Crippen molar-refractivity contribution >= 4 is 21.4 Å². The summed E-state index contributed by atoms with van der Waals surface area (Å²) in [6.07, 6.45) is 0.517. The number of non-ortho nitro benzene ring substituents is 1. The van der Waals surface area contributed by atoms with Crippen LogP contribution in [0.3, 0.4) is 0 Å². The second-order valence-electron chi connectivity index (χ2n) is 3.91. The minimum absolute atomic E-state index is 0.0117. The maximum Gasteiger partial charge on any atom is 0.271 e. The van der Waals surface area contributed by atoms with E-state index in [1.807, 2.05) is 0 Å². The zero-order valence-corrected chi connectivity index (χ0v) is 11.1. The minimum Gasteiger partial charge on any atom is -0.394 e. The summed E-state index contributed by atoms with van der Waals surface area (Å²) in [5.74, 6) is 0. The van der Waals surface area contributed by atoms with Gasteiger partial charge in [0.1, 0.15) is 4.90 Å². The van der Waals surface area contributed by atoms with Crippen LogP contribution in [0, 0.1) is 10.1 Å². The van der Waals surface area contributed by atoms with Crippen LogP contribution in [0.5, 0.6) is 0 Å².